The van der Waals surface area contributed by atoms with Gasteiger partial charge >= 0.3 is 0 Å². The fraction of sp³-hybridized carbons (Fsp3) is 0.583. The van der Waals surface area contributed by atoms with E-state index in [2.05, 4.69) is 24.1 Å². The summed E-state index contributed by atoms with van der Waals surface area (Å²) in [6.45, 7) is 4.40. The zero-order valence-electron chi connectivity index (χ0n) is 10.0. The van der Waals surface area contributed by atoms with Crippen LogP contribution in [0.15, 0.2) is 18.5 Å². The molecule has 0 fully saturated rings. The molecule has 0 saturated carbocycles. The van der Waals surface area contributed by atoms with Gasteiger partial charge in [-0.3, -0.25) is 4.98 Å². The Balaban J connectivity index is 2.53. The average molecular weight is 242 g/mol. The van der Waals surface area contributed by atoms with Gasteiger partial charge in [0, 0.05) is 18.0 Å². The maximum Gasteiger partial charge on any atom is 0.141 e. The first-order valence-electron chi connectivity index (χ1n) is 5.49. The van der Waals surface area contributed by atoms with E-state index in [1.54, 1.807) is 12.3 Å². The van der Waals surface area contributed by atoms with Gasteiger partial charge in [-0.25, -0.2) is 4.39 Å². The first-order chi connectivity index (χ1) is 7.63. The van der Waals surface area contributed by atoms with E-state index in [4.69, 9.17) is 0 Å². The first kappa shape index (κ1) is 13.5. The Kier molecular flexibility index (Phi) is 5.77. The minimum Gasteiger partial charge on any atom is -0.312 e. The molecule has 0 aliphatic carbocycles. The van der Waals surface area contributed by atoms with E-state index >= 15 is 0 Å². The summed E-state index contributed by atoms with van der Waals surface area (Å²) in [5.74, 6) is 2.49. The molecule has 2 nitrogen and oxygen atoms in total. The molecular weight excluding hydrogens is 223 g/mol. The lowest BCUT2D eigenvalue weighted by Gasteiger charge is -2.16. The predicted molar refractivity (Wildman–Crippen MR) is 68.2 cm³/mol. The van der Waals surface area contributed by atoms with Gasteiger partial charge in [0.25, 0.3) is 0 Å². The molecule has 0 aromatic carbocycles. The molecule has 1 rings (SSSR count). The Bertz CT molecular complexity index is 318. The van der Waals surface area contributed by atoms with Gasteiger partial charge in [-0.15, -0.1) is 0 Å². The van der Waals surface area contributed by atoms with E-state index in [0.29, 0.717) is 5.92 Å². The number of thioether (sulfide) groups is 1. The van der Waals surface area contributed by atoms with Crippen LogP contribution in [0.3, 0.4) is 0 Å². The third kappa shape index (κ3) is 4.49. The maximum absolute atomic E-state index is 13.0. The van der Waals surface area contributed by atoms with Gasteiger partial charge in [0.15, 0.2) is 0 Å². The summed E-state index contributed by atoms with van der Waals surface area (Å²) in [6.07, 6.45) is 2.96. The number of nitrogens with one attached hydrogen (secondary N) is 1. The standard InChI is InChI=1S/C12H19FN2S/c1-9(2)7-16-8-12(14-3)10-4-11(13)6-15-5-10/h4-6,9,12,14H,7-8H2,1-3H3. The molecule has 0 radical (unpaired) electrons. The van der Waals surface area contributed by atoms with Gasteiger partial charge in [0.2, 0.25) is 0 Å². The SMILES string of the molecule is CNC(CSCC(C)C)c1cncc(F)c1. The van der Waals surface area contributed by atoms with Gasteiger partial charge in [-0.05, 0) is 30.3 Å². The van der Waals surface area contributed by atoms with Crippen molar-refractivity contribution in [1.82, 2.24) is 10.3 Å². The van der Waals surface area contributed by atoms with E-state index in [0.717, 1.165) is 17.1 Å². The zero-order chi connectivity index (χ0) is 12.0. The van der Waals surface area contributed by atoms with Crippen LogP contribution in [0.5, 0.6) is 0 Å². The highest BCUT2D eigenvalue weighted by Gasteiger charge is 2.10. The number of rotatable bonds is 6. The zero-order valence-corrected chi connectivity index (χ0v) is 10.9. The van der Waals surface area contributed by atoms with Crippen molar-refractivity contribution < 1.29 is 4.39 Å². The van der Waals surface area contributed by atoms with Crippen LogP contribution in [-0.4, -0.2) is 23.5 Å². The van der Waals surface area contributed by atoms with Gasteiger partial charge < -0.3 is 5.32 Å². The van der Waals surface area contributed by atoms with Crippen LogP contribution in [0.1, 0.15) is 25.5 Å². The van der Waals surface area contributed by atoms with E-state index in [1.165, 1.54) is 6.20 Å². The van der Waals surface area contributed by atoms with Crippen molar-refractivity contribution in [2.45, 2.75) is 19.9 Å². The van der Waals surface area contributed by atoms with Crippen LogP contribution in [0.4, 0.5) is 4.39 Å². The smallest absolute Gasteiger partial charge is 0.141 e. The summed E-state index contributed by atoms with van der Waals surface area (Å²) in [5.41, 5.74) is 0.916. The second-order valence-electron chi connectivity index (χ2n) is 4.21. The predicted octanol–water partition coefficient (Wildman–Crippen LogP) is 2.87. The molecular formula is C12H19FN2S. The van der Waals surface area contributed by atoms with Gasteiger partial charge in [-0.2, -0.15) is 11.8 Å². The highest BCUT2D eigenvalue weighted by molar-refractivity contribution is 7.99. The average Bonchev–Trinajstić information content (AvgIpc) is 2.24. The van der Waals surface area contributed by atoms with Crippen LogP contribution in [0.2, 0.25) is 0 Å². The van der Waals surface area contributed by atoms with Crippen LogP contribution in [-0.2, 0) is 0 Å². The van der Waals surface area contributed by atoms with Crippen LogP contribution >= 0.6 is 11.8 Å². The fourth-order valence-corrected chi connectivity index (χ4v) is 2.59. The molecule has 0 bridgehead atoms. The monoisotopic (exact) mass is 242 g/mol. The molecule has 1 aromatic rings. The molecule has 16 heavy (non-hydrogen) atoms. The molecule has 90 valence electrons. The summed E-state index contributed by atoms with van der Waals surface area (Å²) in [5, 5.41) is 3.19. The summed E-state index contributed by atoms with van der Waals surface area (Å²) >= 11 is 1.88. The molecule has 1 N–H and O–H groups in total. The highest BCUT2D eigenvalue weighted by Crippen LogP contribution is 2.19. The molecule has 0 spiro atoms. The number of aromatic nitrogens is 1. The van der Waals surface area contributed by atoms with Crippen LogP contribution in [0.25, 0.3) is 0 Å². The maximum atomic E-state index is 13.0. The van der Waals surface area contributed by atoms with Crippen molar-refractivity contribution in [1.29, 1.82) is 0 Å². The quantitative estimate of drug-likeness (QED) is 0.830. The van der Waals surface area contributed by atoms with Crippen molar-refractivity contribution in [3.63, 3.8) is 0 Å². The van der Waals surface area contributed by atoms with Gasteiger partial charge in [-0.1, -0.05) is 13.8 Å². The number of hydrogen-bond donors (Lipinski definition) is 1. The Hall–Kier alpha value is -0.610. The first-order valence-corrected chi connectivity index (χ1v) is 6.64. The molecule has 0 aliphatic heterocycles. The second-order valence-corrected chi connectivity index (χ2v) is 5.28. The minimum atomic E-state index is -0.272. The van der Waals surface area contributed by atoms with Crippen molar-refractivity contribution in [2.24, 2.45) is 5.92 Å². The van der Waals surface area contributed by atoms with Crippen molar-refractivity contribution in [2.75, 3.05) is 18.6 Å². The third-order valence-corrected chi connectivity index (χ3v) is 3.68. The Morgan fingerprint density at radius 1 is 1.38 bits per heavy atom. The molecule has 1 atom stereocenters. The number of nitrogens with zero attached hydrogens (tertiary/aromatic N) is 1. The van der Waals surface area contributed by atoms with E-state index in [9.17, 15) is 4.39 Å². The molecule has 0 aliphatic rings. The molecule has 0 saturated heterocycles. The number of pyridine rings is 1. The van der Waals surface area contributed by atoms with Crippen LogP contribution < -0.4 is 5.32 Å². The normalized spacial score (nSPS) is 13.1. The van der Waals surface area contributed by atoms with Crippen molar-refractivity contribution in [3.8, 4) is 0 Å². The lowest BCUT2D eigenvalue weighted by Crippen LogP contribution is -2.19. The van der Waals surface area contributed by atoms with Crippen molar-refractivity contribution >= 4 is 11.8 Å². The Labute approximate surface area is 101 Å². The summed E-state index contributed by atoms with van der Waals surface area (Å²) in [6, 6.07) is 1.72. The molecule has 1 heterocycles. The van der Waals surface area contributed by atoms with E-state index in [-0.39, 0.29) is 11.9 Å². The molecule has 1 aromatic heterocycles. The second kappa shape index (κ2) is 6.86. The van der Waals surface area contributed by atoms with E-state index < -0.39 is 0 Å². The molecule has 1 unspecified atom stereocenters. The fourth-order valence-electron chi connectivity index (χ4n) is 1.39. The van der Waals surface area contributed by atoms with Crippen LogP contribution in [0, 0.1) is 11.7 Å². The van der Waals surface area contributed by atoms with Crippen molar-refractivity contribution in [3.05, 3.63) is 29.8 Å². The number of halogens is 1. The third-order valence-electron chi connectivity index (χ3n) is 2.21. The Morgan fingerprint density at radius 2 is 2.12 bits per heavy atom. The molecule has 0 amide bonds. The summed E-state index contributed by atoms with van der Waals surface area (Å²) in [7, 11) is 1.89. The highest BCUT2D eigenvalue weighted by atomic mass is 32.2. The minimum absolute atomic E-state index is 0.173. The number of hydrogen-bond acceptors (Lipinski definition) is 3. The lowest BCUT2D eigenvalue weighted by molar-refractivity contribution is 0.603. The Morgan fingerprint density at radius 3 is 2.69 bits per heavy atom. The summed E-state index contributed by atoms with van der Waals surface area (Å²) in [4.78, 5) is 3.87. The van der Waals surface area contributed by atoms with Gasteiger partial charge in [0.05, 0.1) is 6.20 Å². The lowest BCUT2D eigenvalue weighted by atomic mass is 10.1. The molecule has 4 heteroatoms. The van der Waals surface area contributed by atoms with Gasteiger partial charge in [0.1, 0.15) is 5.82 Å². The topological polar surface area (TPSA) is 24.9 Å². The largest absolute Gasteiger partial charge is 0.312 e. The van der Waals surface area contributed by atoms with E-state index in [1.807, 2.05) is 18.8 Å². The summed E-state index contributed by atoms with van der Waals surface area (Å²) < 4.78 is 13.0.